The van der Waals surface area contributed by atoms with Crippen LogP contribution in [0.4, 0.5) is 0 Å². The van der Waals surface area contributed by atoms with E-state index in [1.54, 1.807) is 6.92 Å². The number of hydrogen-bond acceptors (Lipinski definition) is 8. The van der Waals surface area contributed by atoms with Gasteiger partial charge in [0.2, 0.25) is 29.5 Å². The smallest absolute Gasteiger partial charge is 0.326 e. The predicted molar refractivity (Wildman–Crippen MR) is 131 cm³/mol. The molecule has 5 amide bonds. The van der Waals surface area contributed by atoms with Crippen molar-refractivity contribution >= 4 is 35.5 Å². The summed E-state index contributed by atoms with van der Waals surface area (Å²) in [5, 5.41) is 16.7. The van der Waals surface area contributed by atoms with Gasteiger partial charge in [0.25, 0.3) is 0 Å². The highest BCUT2D eigenvalue weighted by molar-refractivity contribution is 5.94. The number of aliphatic carboxylic acids is 1. The van der Waals surface area contributed by atoms with E-state index in [1.807, 2.05) is 6.92 Å². The summed E-state index contributed by atoms with van der Waals surface area (Å²) in [5.74, 6) is -5.13. The molecule has 5 atom stereocenters. The van der Waals surface area contributed by atoms with Crippen LogP contribution in [0.2, 0.25) is 0 Å². The Kier molecular flexibility index (Phi) is 15.7. The second-order valence-corrected chi connectivity index (χ2v) is 8.73. The maximum absolute atomic E-state index is 13.0. The molecule has 0 aliphatic rings. The molecule has 0 saturated carbocycles. The fourth-order valence-electron chi connectivity index (χ4n) is 3.19. The Bertz CT molecular complexity index is 778. The van der Waals surface area contributed by atoms with Crippen molar-refractivity contribution in [1.82, 2.24) is 16.0 Å². The van der Waals surface area contributed by atoms with Crippen LogP contribution in [0.25, 0.3) is 0 Å². The van der Waals surface area contributed by atoms with Crippen molar-refractivity contribution in [3.63, 3.8) is 0 Å². The highest BCUT2D eigenvalue weighted by Crippen LogP contribution is 2.09. The van der Waals surface area contributed by atoms with Gasteiger partial charge in [-0.15, -0.1) is 0 Å². The third-order valence-electron chi connectivity index (χ3n) is 5.75. The summed E-state index contributed by atoms with van der Waals surface area (Å²) in [7, 11) is 0. The van der Waals surface area contributed by atoms with Gasteiger partial charge < -0.3 is 44.0 Å². The maximum atomic E-state index is 13.0. The van der Waals surface area contributed by atoms with Crippen LogP contribution in [0.3, 0.4) is 0 Å². The molecule has 0 aromatic carbocycles. The number of carboxylic acid groups (broad SMARTS) is 1. The lowest BCUT2D eigenvalue weighted by atomic mass is 9.98. The van der Waals surface area contributed by atoms with Crippen LogP contribution in [0.1, 0.15) is 65.2 Å². The molecule has 0 spiro atoms. The Labute approximate surface area is 210 Å². The van der Waals surface area contributed by atoms with Gasteiger partial charge in [0.05, 0.1) is 6.04 Å². The lowest BCUT2D eigenvalue weighted by Gasteiger charge is -2.26. The monoisotopic (exact) mass is 515 g/mol. The summed E-state index contributed by atoms with van der Waals surface area (Å²) < 4.78 is 0. The Hall–Kier alpha value is -3.26. The minimum atomic E-state index is -1.40. The molecule has 0 aliphatic carbocycles. The van der Waals surface area contributed by atoms with Crippen LogP contribution in [-0.4, -0.2) is 71.3 Å². The fourth-order valence-corrected chi connectivity index (χ4v) is 3.19. The summed E-state index contributed by atoms with van der Waals surface area (Å²) in [6.45, 7) is 3.97. The summed E-state index contributed by atoms with van der Waals surface area (Å²) in [6.07, 6.45) is 0.878. The molecule has 0 aromatic rings. The van der Waals surface area contributed by atoms with Gasteiger partial charge in [-0.25, -0.2) is 4.79 Å². The molecule has 14 nitrogen and oxygen atoms in total. The third-order valence-corrected chi connectivity index (χ3v) is 5.75. The number of carbonyl (C=O) groups is 6. The zero-order valence-electron chi connectivity index (χ0n) is 21.0. The minimum absolute atomic E-state index is 0.125. The number of carbonyl (C=O) groups excluding carboxylic acids is 5. The molecule has 0 rings (SSSR count). The van der Waals surface area contributed by atoms with Gasteiger partial charge >= 0.3 is 5.97 Å². The van der Waals surface area contributed by atoms with Crippen molar-refractivity contribution in [1.29, 1.82) is 0 Å². The van der Waals surface area contributed by atoms with Gasteiger partial charge in [0.1, 0.15) is 18.1 Å². The highest BCUT2D eigenvalue weighted by atomic mass is 16.4. The summed E-state index contributed by atoms with van der Waals surface area (Å²) >= 11 is 0. The summed E-state index contributed by atoms with van der Waals surface area (Å²) in [5.41, 5.74) is 21.7. The molecule has 5 unspecified atom stereocenters. The van der Waals surface area contributed by atoms with Crippen molar-refractivity contribution in [2.45, 2.75) is 89.4 Å². The molecule has 12 N–H and O–H groups in total. The average molecular weight is 516 g/mol. The predicted octanol–water partition coefficient (Wildman–Crippen LogP) is -2.44. The van der Waals surface area contributed by atoms with Crippen LogP contribution >= 0.6 is 0 Å². The minimum Gasteiger partial charge on any atom is -0.480 e. The molecule has 0 aromatic heterocycles. The lowest BCUT2D eigenvalue weighted by Crippen LogP contribution is -2.57. The van der Waals surface area contributed by atoms with E-state index in [1.165, 1.54) is 0 Å². The van der Waals surface area contributed by atoms with E-state index in [9.17, 15) is 33.9 Å². The first kappa shape index (κ1) is 32.7. The first-order chi connectivity index (χ1) is 16.8. The van der Waals surface area contributed by atoms with E-state index in [4.69, 9.17) is 22.9 Å². The molecule has 36 heavy (non-hydrogen) atoms. The molecule has 0 bridgehead atoms. The molecular weight excluding hydrogens is 474 g/mol. The number of unbranched alkanes of at least 4 members (excludes halogenated alkanes) is 1. The van der Waals surface area contributed by atoms with Gasteiger partial charge in [0.15, 0.2) is 0 Å². The van der Waals surface area contributed by atoms with E-state index in [0.29, 0.717) is 25.8 Å². The van der Waals surface area contributed by atoms with Crippen LogP contribution in [0, 0.1) is 5.92 Å². The van der Waals surface area contributed by atoms with E-state index < -0.39 is 59.7 Å². The molecule has 0 aliphatic heterocycles. The van der Waals surface area contributed by atoms with Gasteiger partial charge in [-0.2, -0.15) is 0 Å². The van der Waals surface area contributed by atoms with Gasteiger partial charge in [-0.1, -0.05) is 20.3 Å². The third kappa shape index (κ3) is 13.0. The molecule has 206 valence electrons. The van der Waals surface area contributed by atoms with E-state index in [-0.39, 0.29) is 38.0 Å². The molecule has 14 heteroatoms. The Balaban J connectivity index is 5.62. The van der Waals surface area contributed by atoms with E-state index in [2.05, 4.69) is 16.0 Å². The summed E-state index contributed by atoms with van der Waals surface area (Å²) in [4.78, 5) is 72.3. The Morgan fingerprint density at radius 3 is 1.64 bits per heavy atom. The number of amides is 5. The van der Waals surface area contributed by atoms with Crippen LogP contribution in [0.15, 0.2) is 0 Å². The number of primary amides is 2. The van der Waals surface area contributed by atoms with Crippen molar-refractivity contribution in [3.05, 3.63) is 0 Å². The molecule has 0 fully saturated rings. The maximum Gasteiger partial charge on any atom is 0.326 e. The number of nitrogens with two attached hydrogens (primary N) is 4. The highest BCUT2D eigenvalue weighted by Gasteiger charge is 2.31. The first-order valence-corrected chi connectivity index (χ1v) is 12.0. The summed E-state index contributed by atoms with van der Waals surface area (Å²) in [6, 6.07) is -4.69. The number of hydrogen-bond donors (Lipinski definition) is 8. The van der Waals surface area contributed by atoms with Crippen LogP contribution < -0.4 is 38.9 Å². The van der Waals surface area contributed by atoms with Gasteiger partial charge in [-0.05, 0) is 44.6 Å². The molecule has 0 heterocycles. The average Bonchev–Trinajstić information content (AvgIpc) is 2.81. The quantitative estimate of drug-likeness (QED) is 0.0848. The topological polar surface area (TPSA) is 263 Å². The van der Waals surface area contributed by atoms with Crippen molar-refractivity contribution in [2.75, 3.05) is 6.54 Å². The molecule has 0 radical (unpaired) electrons. The van der Waals surface area contributed by atoms with Crippen molar-refractivity contribution in [2.24, 2.45) is 28.9 Å². The zero-order chi connectivity index (χ0) is 27.8. The van der Waals surface area contributed by atoms with Crippen LogP contribution in [0.5, 0.6) is 0 Å². The standard InChI is InChI=1S/C22H41N7O7/c1-3-12(2)18(26)21(34)28-14(7-9-16(24)30)20(33)27-13(6-4-5-11-23)19(32)29-15(22(35)36)8-10-17(25)31/h12-15,18H,3-11,23,26H2,1-2H3,(H2,24,30)(H2,25,31)(H,27,33)(H,28,34)(H,29,32)(H,35,36). The lowest BCUT2D eigenvalue weighted by molar-refractivity contribution is -0.142. The normalized spacial score (nSPS) is 15.0. The van der Waals surface area contributed by atoms with Crippen molar-refractivity contribution < 1.29 is 33.9 Å². The Morgan fingerprint density at radius 2 is 1.19 bits per heavy atom. The first-order valence-electron chi connectivity index (χ1n) is 12.0. The molecular formula is C22H41N7O7. The molecule has 0 saturated heterocycles. The van der Waals surface area contributed by atoms with Gasteiger partial charge in [0, 0.05) is 12.8 Å². The number of nitrogens with one attached hydrogen (secondary N) is 3. The van der Waals surface area contributed by atoms with E-state index >= 15 is 0 Å². The largest absolute Gasteiger partial charge is 0.480 e. The zero-order valence-corrected chi connectivity index (χ0v) is 21.0. The SMILES string of the molecule is CCC(C)C(N)C(=O)NC(CCC(N)=O)C(=O)NC(CCCCN)C(=O)NC(CCC(N)=O)C(=O)O. The van der Waals surface area contributed by atoms with Crippen LogP contribution in [-0.2, 0) is 28.8 Å². The van der Waals surface area contributed by atoms with E-state index in [0.717, 1.165) is 0 Å². The number of carboxylic acids is 1. The second kappa shape index (κ2) is 17.2. The second-order valence-electron chi connectivity index (χ2n) is 8.73. The Morgan fingerprint density at radius 1 is 0.750 bits per heavy atom. The van der Waals surface area contributed by atoms with Gasteiger partial charge in [-0.3, -0.25) is 24.0 Å². The fraction of sp³-hybridized carbons (Fsp3) is 0.727. The number of rotatable bonds is 19. The van der Waals surface area contributed by atoms with Crippen molar-refractivity contribution in [3.8, 4) is 0 Å².